The number of rotatable bonds is 7. The minimum Gasteiger partial charge on any atom is -0.775 e. The molecule has 0 fully saturated rings. The zero-order chi connectivity index (χ0) is 14.5. The van der Waals surface area contributed by atoms with E-state index in [1.807, 2.05) is 0 Å². The van der Waals surface area contributed by atoms with E-state index < -0.39 is 19.4 Å². The van der Waals surface area contributed by atoms with Gasteiger partial charge in [-0.1, -0.05) is 0 Å². The molecule has 2 unspecified atom stereocenters. The number of nitrogens with zero attached hydrogens (tertiary/aromatic N) is 2. The topological polar surface area (TPSA) is 156 Å². The van der Waals surface area contributed by atoms with E-state index in [4.69, 9.17) is 5.73 Å². The maximum Gasteiger partial charge on any atom is 0.349 e. The van der Waals surface area contributed by atoms with Crippen LogP contribution in [0.1, 0.15) is 6.92 Å². The van der Waals surface area contributed by atoms with Gasteiger partial charge in [0.15, 0.2) is 7.60 Å². The van der Waals surface area contributed by atoms with Crippen LogP contribution < -0.4 is 22.5 Å². The first-order valence-corrected chi connectivity index (χ1v) is 7.02. The van der Waals surface area contributed by atoms with Crippen LogP contribution in [0.3, 0.4) is 0 Å². The molecule has 0 saturated heterocycles. The average molecular weight is 312 g/mol. The molecule has 0 aliphatic heterocycles. The Balaban J connectivity index is 0.00000361. The molecule has 0 bridgehead atoms. The van der Waals surface area contributed by atoms with E-state index in [2.05, 4.69) is 14.2 Å². The molecule has 116 valence electrons. The number of nitrogens with two attached hydrogens (primary N) is 1. The van der Waals surface area contributed by atoms with E-state index in [0.29, 0.717) is 0 Å². The molecule has 9 nitrogen and oxygen atoms in total. The van der Waals surface area contributed by atoms with Crippen molar-refractivity contribution >= 4 is 13.4 Å². The van der Waals surface area contributed by atoms with E-state index >= 15 is 0 Å². The van der Waals surface area contributed by atoms with Gasteiger partial charge in [0.1, 0.15) is 5.82 Å². The second-order valence-electron chi connectivity index (χ2n) is 3.45. The minimum atomic E-state index is -4.69. The van der Waals surface area contributed by atoms with E-state index in [1.54, 1.807) is 0 Å². The summed E-state index contributed by atoms with van der Waals surface area (Å²) in [4.78, 5) is 25.8. The summed E-state index contributed by atoms with van der Waals surface area (Å²) in [7, 11) is -4.69. The summed E-state index contributed by atoms with van der Waals surface area (Å²) in [6.07, 6.45) is -1.22. The predicted molar refractivity (Wildman–Crippen MR) is 69.0 cm³/mol. The molecule has 11 heteroatoms. The van der Waals surface area contributed by atoms with E-state index in [-0.39, 0.29) is 31.7 Å². The van der Waals surface area contributed by atoms with Gasteiger partial charge in [-0.15, -0.1) is 0 Å². The first-order chi connectivity index (χ1) is 8.86. The fourth-order valence-electron chi connectivity index (χ4n) is 1.19. The summed E-state index contributed by atoms with van der Waals surface area (Å²) in [6.45, 7) is 0.855. The molecule has 0 spiro atoms. The Bertz CT molecular complexity index is 525. The monoisotopic (exact) mass is 312 g/mol. The number of hydrogen-bond donors (Lipinski definition) is 2. The molecule has 6 N–H and O–H groups in total. The highest BCUT2D eigenvalue weighted by Gasteiger charge is 2.23. The Morgan fingerprint density at radius 2 is 2.30 bits per heavy atom. The van der Waals surface area contributed by atoms with Crippen molar-refractivity contribution < 1.29 is 23.1 Å². The summed E-state index contributed by atoms with van der Waals surface area (Å²) in [5.41, 5.74) is 4.65. The lowest BCUT2D eigenvalue weighted by atomic mass is 10.5. The fourth-order valence-corrected chi connectivity index (χ4v) is 1.96. The maximum atomic E-state index is 13.2. The number of hydrogen-bond acceptors (Lipinski definition) is 7. The molecule has 0 radical (unpaired) electrons. The third-order valence-corrected chi connectivity index (χ3v) is 3.31. The van der Waals surface area contributed by atoms with Crippen molar-refractivity contribution in [2.45, 2.75) is 19.6 Å². The lowest BCUT2D eigenvalue weighted by molar-refractivity contribution is -0.218. The number of quaternary nitrogens is 1. The molecule has 0 aliphatic carbocycles. The number of anilines is 1. The molecular formula is C9H18FN4O5P. The van der Waals surface area contributed by atoms with Gasteiger partial charge in [0.2, 0.25) is 0 Å². The lowest BCUT2D eigenvalue weighted by Crippen LogP contribution is -2.26. The van der Waals surface area contributed by atoms with Crippen LogP contribution in [0.25, 0.3) is 0 Å². The van der Waals surface area contributed by atoms with Crippen LogP contribution in [0.5, 0.6) is 0 Å². The first-order valence-electron chi connectivity index (χ1n) is 5.40. The Kier molecular flexibility index (Phi) is 7.54. The van der Waals surface area contributed by atoms with Crippen molar-refractivity contribution in [2.75, 3.05) is 18.9 Å². The minimum absolute atomic E-state index is 0. The summed E-state index contributed by atoms with van der Waals surface area (Å²) in [5.74, 6) is 0.0611. The molecule has 2 atom stereocenters. The number of alkyl halides is 1. The highest BCUT2D eigenvalue weighted by Crippen LogP contribution is 2.43. The Hall–Kier alpha value is -1.32. The van der Waals surface area contributed by atoms with E-state index in [9.17, 15) is 18.6 Å². The van der Waals surface area contributed by atoms with Crippen molar-refractivity contribution in [1.82, 2.24) is 15.7 Å². The second kappa shape index (κ2) is 8.08. The standard InChI is InChI=1S/C9H15FN3O5P.H3N/c1-2-18-19(15,16)8(10)17-6-5-13-4-3-7(11)12-9(13)14;/h3-4,8H,2,5-6H2,1H3,(H,15,16)(H2,11,12,14);1H3. The van der Waals surface area contributed by atoms with Crippen molar-refractivity contribution in [3.8, 4) is 0 Å². The van der Waals surface area contributed by atoms with Gasteiger partial charge in [-0.25, -0.2) is 9.18 Å². The normalized spacial score (nSPS) is 15.2. The SMILES string of the molecule is CCOP(=O)([O-])C(F)OCCn1ccc(N)nc1=O.[NH4+]. The zero-order valence-corrected chi connectivity index (χ0v) is 12.1. The maximum absolute atomic E-state index is 13.2. The molecule has 0 aliphatic rings. The average Bonchev–Trinajstić information content (AvgIpc) is 2.31. The zero-order valence-electron chi connectivity index (χ0n) is 11.2. The van der Waals surface area contributed by atoms with Gasteiger partial charge in [-0.3, -0.25) is 4.57 Å². The molecule has 0 aromatic carbocycles. The number of ether oxygens (including phenoxy) is 1. The van der Waals surface area contributed by atoms with Gasteiger partial charge in [-0.2, -0.15) is 4.98 Å². The van der Waals surface area contributed by atoms with Gasteiger partial charge < -0.3 is 30.6 Å². The van der Waals surface area contributed by atoms with Crippen molar-refractivity contribution in [3.05, 3.63) is 22.7 Å². The van der Waals surface area contributed by atoms with Gasteiger partial charge in [0, 0.05) is 6.20 Å². The van der Waals surface area contributed by atoms with Crippen LogP contribution in [0.15, 0.2) is 17.1 Å². The quantitative estimate of drug-likeness (QED) is 0.674. The second-order valence-corrected chi connectivity index (χ2v) is 5.19. The lowest BCUT2D eigenvalue weighted by Gasteiger charge is -2.25. The summed E-state index contributed by atoms with van der Waals surface area (Å²) in [5, 5.41) is 0. The van der Waals surface area contributed by atoms with Crippen LogP contribution >= 0.6 is 7.60 Å². The number of halogens is 1. The van der Waals surface area contributed by atoms with Gasteiger partial charge in [-0.05, 0) is 13.0 Å². The first kappa shape index (κ1) is 18.7. The van der Waals surface area contributed by atoms with E-state index in [0.717, 1.165) is 4.57 Å². The fraction of sp³-hybridized carbons (Fsp3) is 0.556. The molecule has 1 aromatic rings. The Morgan fingerprint density at radius 3 is 2.85 bits per heavy atom. The summed E-state index contributed by atoms with van der Waals surface area (Å²) < 4.78 is 34.1. The molecule has 1 heterocycles. The molecule has 0 amide bonds. The van der Waals surface area contributed by atoms with Crippen LogP contribution in [0.4, 0.5) is 10.2 Å². The number of aromatic nitrogens is 2. The summed E-state index contributed by atoms with van der Waals surface area (Å²) in [6, 6.07) is 1.38. The van der Waals surface area contributed by atoms with Gasteiger partial charge in [0.05, 0.1) is 19.8 Å². The van der Waals surface area contributed by atoms with Gasteiger partial charge in [0.25, 0.3) is 6.10 Å². The van der Waals surface area contributed by atoms with Crippen LogP contribution in [-0.4, -0.2) is 28.9 Å². The van der Waals surface area contributed by atoms with Crippen LogP contribution in [0.2, 0.25) is 0 Å². The molecule has 20 heavy (non-hydrogen) atoms. The Labute approximate surface area is 114 Å². The largest absolute Gasteiger partial charge is 0.775 e. The van der Waals surface area contributed by atoms with Crippen molar-refractivity contribution in [1.29, 1.82) is 0 Å². The van der Waals surface area contributed by atoms with Crippen LogP contribution in [-0.2, 0) is 20.4 Å². The smallest absolute Gasteiger partial charge is 0.349 e. The van der Waals surface area contributed by atoms with Crippen LogP contribution in [0, 0.1) is 0 Å². The molecule has 1 rings (SSSR count). The summed E-state index contributed by atoms with van der Waals surface area (Å²) >= 11 is 0. The molecule has 0 saturated carbocycles. The van der Waals surface area contributed by atoms with Crippen molar-refractivity contribution in [3.63, 3.8) is 0 Å². The van der Waals surface area contributed by atoms with Crippen molar-refractivity contribution in [2.24, 2.45) is 0 Å². The highest BCUT2D eigenvalue weighted by molar-refractivity contribution is 7.51. The number of nitrogen functional groups attached to an aromatic ring is 1. The Morgan fingerprint density at radius 1 is 1.65 bits per heavy atom. The van der Waals surface area contributed by atoms with Gasteiger partial charge >= 0.3 is 5.69 Å². The molecular weight excluding hydrogens is 294 g/mol. The predicted octanol–water partition coefficient (Wildman–Crippen LogP) is 0.0613. The third-order valence-electron chi connectivity index (χ3n) is 2.04. The third kappa shape index (κ3) is 5.35. The molecule has 1 aromatic heterocycles. The van der Waals surface area contributed by atoms with E-state index in [1.165, 1.54) is 19.2 Å². The highest BCUT2D eigenvalue weighted by atomic mass is 31.2.